The molecular formula is C4H3BBrN2O2. The van der Waals surface area contributed by atoms with Crippen LogP contribution in [0.4, 0.5) is 0 Å². The molecule has 0 unspecified atom stereocenters. The van der Waals surface area contributed by atoms with E-state index in [4.69, 9.17) is 5.02 Å². The molecule has 1 aromatic rings. The Hall–Kier alpha value is -0.615. The number of aromatic nitrogens is 2. The highest BCUT2D eigenvalue weighted by molar-refractivity contribution is 9.10. The molecule has 0 amide bonds. The standard InChI is InChI=1S/C4H3BBrN2O2/c6-4-7-1-3(2-8-4)10-5-9/h1-2,9H. The van der Waals surface area contributed by atoms with Crippen molar-refractivity contribution in [2.24, 2.45) is 0 Å². The van der Waals surface area contributed by atoms with Crippen LogP contribution in [0.1, 0.15) is 0 Å². The van der Waals surface area contributed by atoms with Crippen molar-refractivity contribution in [2.75, 3.05) is 0 Å². The summed E-state index contributed by atoms with van der Waals surface area (Å²) in [5.41, 5.74) is 0. The average molecular weight is 202 g/mol. The van der Waals surface area contributed by atoms with Crippen LogP contribution in [-0.2, 0) is 0 Å². The third-order valence-electron chi connectivity index (χ3n) is 0.785. The third kappa shape index (κ3) is 1.96. The first kappa shape index (κ1) is 7.49. The van der Waals surface area contributed by atoms with Crippen LogP contribution in [-0.4, -0.2) is 22.7 Å². The van der Waals surface area contributed by atoms with E-state index in [1.165, 1.54) is 12.4 Å². The molecule has 0 bridgehead atoms. The van der Waals surface area contributed by atoms with Gasteiger partial charge < -0.3 is 9.68 Å². The number of rotatable bonds is 2. The second kappa shape index (κ2) is 3.53. The average Bonchev–Trinajstić information content (AvgIpc) is 1.95. The Morgan fingerprint density at radius 3 is 2.60 bits per heavy atom. The smallest absolute Gasteiger partial charge is 0.535 e. The van der Waals surface area contributed by atoms with Gasteiger partial charge in [-0.15, -0.1) is 0 Å². The van der Waals surface area contributed by atoms with Crippen LogP contribution < -0.4 is 4.65 Å². The summed E-state index contributed by atoms with van der Waals surface area (Å²) < 4.78 is 5.03. The van der Waals surface area contributed by atoms with Gasteiger partial charge in [-0.3, -0.25) is 0 Å². The van der Waals surface area contributed by atoms with Crippen LogP contribution in [0.3, 0.4) is 0 Å². The summed E-state index contributed by atoms with van der Waals surface area (Å²) in [6, 6.07) is 0. The first-order chi connectivity index (χ1) is 4.83. The summed E-state index contributed by atoms with van der Waals surface area (Å²) in [4.78, 5) is 7.49. The van der Waals surface area contributed by atoms with E-state index in [1.807, 2.05) is 0 Å². The van der Waals surface area contributed by atoms with Crippen LogP contribution in [0, 0.1) is 0 Å². The molecular weight excluding hydrogens is 199 g/mol. The molecule has 0 fully saturated rings. The summed E-state index contributed by atoms with van der Waals surface area (Å²) in [7, 11) is 0.576. The molecule has 0 spiro atoms. The molecule has 1 heterocycles. The van der Waals surface area contributed by atoms with Crippen molar-refractivity contribution < 1.29 is 9.68 Å². The third-order valence-corrected chi connectivity index (χ3v) is 1.19. The Labute approximate surface area is 66.7 Å². The maximum absolute atomic E-state index is 8.17. The van der Waals surface area contributed by atoms with Gasteiger partial charge in [0, 0.05) is 0 Å². The SMILES string of the molecule is O[B]Oc1cnc(Br)nc1. The Bertz CT molecular complexity index is 205. The largest absolute Gasteiger partial charge is 0.569 e. The monoisotopic (exact) mass is 201 g/mol. The van der Waals surface area contributed by atoms with Crippen LogP contribution in [0.15, 0.2) is 17.1 Å². The van der Waals surface area contributed by atoms with Crippen molar-refractivity contribution in [2.45, 2.75) is 0 Å². The summed E-state index contributed by atoms with van der Waals surface area (Å²) >= 11 is 3.05. The van der Waals surface area contributed by atoms with Crippen molar-refractivity contribution in [3.63, 3.8) is 0 Å². The predicted octanol–water partition coefficient (Wildman–Crippen LogP) is 0.144. The second-order valence-corrected chi connectivity index (χ2v) is 2.12. The fourth-order valence-corrected chi connectivity index (χ4v) is 0.627. The molecule has 1 rings (SSSR count). The Morgan fingerprint density at radius 2 is 2.10 bits per heavy atom. The molecule has 0 saturated heterocycles. The Balaban J connectivity index is 2.69. The van der Waals surface area contributed by atoms with Gasteiger partial charge in [-0.2, -0.15) is 0 Å². The van der Waals surface area contributed by atoms with E-state index in [1.54, 1.807) is 0 Å². The first-order valence-electron chi connectivity index (χ1n) is 2.43. The van der Waals surface area contributed by atoms with Gasteiger partial charge in [0.2, 0.25) is 0 Å². The lowest BCUT2D eigenvalue weighted by atomic mass is 10.4. The molecule has 0 atom stereocenters. The number of halogens is 1. The summed E-state index contributed by atoms with van der Waals surface area (Å²) in [6.45, 7) is 0. The lowest BCUT2D eigenvalue weighted by Crippen LogP contribution is -2.00. The molecule has 0 aromatic carbocycles. The van der Waals surface area contributed by atoms with Gasteiger partial charge >= 0.3 is 7.69 Å². The molecule has 0 aliphatic heterocycles. The van der Waals surface area contributed by atoms with Gasteiger partial charge in [-0.25, -0.2) is 9.97 Å². The van der Waals surface area contributed by atoms with E-state index < -0.39 is 0 Å². The van der Waals surface area contributed by atoms with E-state index in [2.05, 4.69) is 30.6 Å². The minimum atomic E-state index is 0.394. The molecule has 10 heavy (non-hydrogen) atoms. The van der Waals surface area contributed by atoms with Crippen LogP contribution >= 0.6 is 15.9 Å². The number of nitrogens with zero attached hydrogens (tertiary/aromatic N) is 2. The topological polar surface area (TPSA) is 55.2 Å². The Morgan fingerprint density at radius 1 is 1.50 bits per heavy atom. The highest BCUT2D eigenvalue weighted by Crippen LogP contribution is 2.07. The summed E-state index contributed by atoms with van der Waals surface area (Å²) in [5.74, 6) is 0.394. The highest BCUT2D eigenvalue weighted by Gasteiger charge is 1.94. The maximum atomic E-state index is 8.17. The highest BCUT2D eigenvalue weighted by atomic mass is 79.9. The summed E-state index contributed by atoms with van der Waals surface area (Å²) in [5, 5.41) is 8.17. The Kier molecular flexibility index (Phi) is 2.64. The van der Waals surface area contributed by atoms with Crippen molar-refractivity contribution in [1.29, 1.82) is 0 Å². The normalized spacial score (nSPS) is 9.00. The zero-order valence-corrected chi connectivity index (χ0v) is 6.45. The molecule has 1 N–H and O–H groups in total. The van der Waals surface area contributed by atoms with E-state index in [-0.39, 0.29) is 0 Å². The maximum Gasteiger partial charge on any atom is 0.569 e. The fraction of sp³-hybridized carbons (Fsp3) is 0. The fourth-order valence-electron chi connectivity index (χ4n) is 0.422. The zero-order chi connectivity index (χ0) is 7.40. The van der Waals surface area contributed by atoms with Crippen LogP contribution in [0.25, 0.3) is 0 Å². The van der Waals surface area contributed by atoms with Gasteiger partial charge in [-0.1, -0.05) is 0 Å². The van der Waals surface area contributed by atoms with Gasteiger partial charge in [-0.05, 0) is 15.9 Å². The minimum absolute atomic E-state index is 0.394. The second-order valence-electron chi connectivity index (χ2n) is 1.41. The predicted molar refractivity (Wildman–Crippen MR) is 38.3 cm³/mol. The van der Waals surface area contributed by atoms with Crippen molar-refractivity contribution in [1.82, 2.24) is 9.97 Å². The van der Waals surface area contributed by atoms with E-state index in [9.17, 15) is 0 Å². The molecule has 1 aromatic heterocycles. The molecule has 0 saturated carbocycles. The van der Waals surface area contributed by atoms with Gasteiger partial charge in [0.05, 0.1) is 12.4 Å². The number of hydrogen-bond donors (Lipinski definition) is 1. The molecule has 1 radical (unpaired) electrons. The zero-order valence-electron chi connectivity index (χ0n) is 4.86. The van der Waals surface area contributed by atoms with E-state index >= 15 is 0 Å². The van der Waals surface area contributed by atoms with Gasteiger partial charge in [0.25, 0.3) is 0 Å². The quantitative estimate of drug-likeness (QED) is 0.547. The number of hydrogen-bond acceptors (Lipinski definition) is 4. The lowest BCUT2D eigenvalue weighted by Gasteiger charge is -1.97. The van der Waals surface area contributed by atoms with Crippen LogP contribution in [0.2, 0.25) is 0 Å². The van der Waals surface area contributed by atoms with Gasteiger partial charge in [0.1, 0.15) is 5.75 Å². The van der Waals surface area contributed by atoms with Crippen molar-refractivity contribution in [3.8, 4) is 5.75 Å². The van der Waals surface area contributed by atoms with Crippen molar-refractivity contribution in [3.05, 3.63) is 17.1 Å². The van der Waals surface area contributed by atoms with E-state index in [0.29, 0.717) is 18.2 Å². The molecule has 0 aliphatic carbocycles. The summed E-state index contributed by atoms with van der Waals surface area (Å²) in [6.07, 6.45) is 2.87. The van der Waals surface area contributed by atoms with E-state index in [0.717, 1.165) is 0 Å². The lowest BCUT2D eigenvalue weighted by molar-refractivity contribution is 0.451. The molecule has 4 nitrogen and oxygen atoms in total. The molecule has 6 heteroatoms. The minimum Gasteiger partial charge on any atom is -0.535 e. The van der Waals surface area contributed by atoms with Crippen molar-refractivity contribution >= 4 is 23.6 Å². The first-order valence-corrected chi connectivity index (χ1v) is 3.22. The van der Waals surface area contributed by atoms with Gasteiger partial charge in [0.15, 0.2) is 4.73 Å². The van der Waals surface area contributed by atoms with Crippen LogP contribution in [0.5, 0.6) is 5.75 Å². The molecule has 0 aliphatic rings. The molecule has 51 valence electrons.